The van der Waals surface area contributed by atoms with E-state index in [-0.39, 0.29) is 22.8 Å². The van der Waals surface area contributed by atoms with Gasteiger partial charge in [0.25, 0.3) is 0 Å². The Labute approximate surface area is 102 Å². The van der Waals surface area contributed by atoms with Crippen LogP contribution in [0.3, 0.4) is 0 Å². The standard InChI is InChI=1S/C8H6I2O3/c1-2-3-6(11)4(9)8(13)5(10)7(3)12/h2,11-13H,1H2. The molecule has 0 aliphatic carbocycles. The topological polar surface area (TPSA) is 60.7 Å². The Morgan fingerprint density at radius 3 is 1.62 bits per heavy atom. The summed E-state index contributed by atoms with van der Waals surface area (Å²) in [4.78, 5) is 0. The number of aromatic hydroxyl groups is 3. The predicted octanol–water partition coefficient (Wildman–Crippen LogP) is 2.66. The average molecular weight is 404 g/mol. The Morgan fingerprint density at radius 2 is 1.31 bits per heavy atom. The molecule has 0 fully saturated rings. The van der Waals surface area contributed by atoms with Gasteiger partial charge in [-0.25, -0.2) is 0 Å². The van der Waals surface area contributed by atoms with Crippen LogP contribution in [0.15, 0.2) is 6.58 Å². The van der Waals surface area contributed by atoms with Crippen molar-refractivity contribution in [2.45, 2.75) is 0 Å². The van der Waals surface area contributed by atoms with E-state index in [0.717, 1.165) is 0 Å². The van der Waals surface area contributed by atoms with Crippen LogP contribution in [0.1, 0.15) is 5.56 Å². The minimum absolute atomic E-state index is 0.109. The van der Waals surface area contributed by atoms with E-state index in [2.05, 4.69) is 6.58 Å². The Balaban J connectivity index is 3.66. The monoisotopic (exact) mass is 404 g/mol. The van der Waals surface area contributed by atoms with Crippen LogP contribution >= 0.6 is 45.2 Å². The highest BCUT2D eigenvalue weighted by molar-refractivity contribution is 14.1. The molecule has 1 rings (SSSR count). The summed E-state index contributed by atoms with van der Waals surface area (Å²) in [6.07, 6.45) is 1.34. The summed E-state index contributed by atoms with van der Waals surface area (Å²) in [5, 5.41) is 28.4. The molecule has 70 valence electrons. The molecule has 0 unspecified atom stereocenters. The minimum Gasteiger partial charge on any atom is -0.506 e. The molecule has 0 aliphatic heterocycles. The van der Waals surface area contributed by atoms with Gasteiger partial charge >= 0.3 is 0 Å². The van der Waals surface area contributed by atoms with E-state index in [0.29, 0.717) is 7.14 Å². The van der Waals surface area contributed by atoms with E-state index in [4.69, 9.17) is 0 Å². The lowest BCUT2D eigenvalue weighted by atomic mass is 10.1. The highest BCUT2D eigenvalue weighted by Gasteiger charge is 2.18. The Bertz CT molecular complexity index is 345. The molecule has 0 aliphatic rings. The third kappa shape index (κ3) is 1.71. The zero-order chi connectivity index (χ0) is 10.2. The third-order valence-electron chi connectivity index (χ3n) is 1.55. The molecule has 0 saturated carbocycles. The molecule has 0 heterocycles. The number of rotatable bonds is 1. The molecule has 0 aromatic heterocycles. The van der Waals surface area contributed by atoms with Gasteiger partial charge < -0.3 is 15.3 Å². The molecule has 3 nitrogen and oxygen atoms in total. The molecule has 0 saturated heterocycles. The van der Waals surface area contributed by atoms with E-state index >= 15 is 0 Å². The third-order valence-corrected chi connectivity index (χ3v) is 3.59. The molecule has 0 radical (unpaired) electrons. The van der Waals surface area contributed by atoms with Crippen molar-refractivity contribution in [2.24, 2.45) is 0 Å². The van der Waals surface area contributed by atoms with Crippen molar-refractivity contribution in [3.63, 3.8) is 0 Å². The molecule has 3 N–H and O–H groups in total. The summed E-state index contributed by atoms with van der Waals surface area (Å²) in [6, 6.07) is 0. The second kappa shape index (κ2) is 3.91. The van der Waals surface area contributed by atoms with Crippen LogP contribution in [-0.4, -0.2) is 15.3 Å². The molecule has 0 atom stereocenters. The molecule has 0 amide bonds. The number of halogens is 2. The lowest BCUT2D eigenvalue weighted by Crippen LogP contribution is -1.87. The molecular formula is C8H6I2O3. The normalized spacial score (nSPS) is 10.0. The van der Waals surface area contributed by atoms with Crippen LogP contribution in [0.5, 0.6) is 17.2 Å². The molecular weight excluding hydrogens is 398 g/mol. The SMILES string of the molecule is C=Cc1c(O)c(I)c(O)c(I)c1O. The Morgan fingerprint density at radius 1 is 0.923 bits per heavy atom. The second-order valence-corrected chi connectivity index (χ2v) is 4.45. The van der Waals surface area contributed by atoms with Crippen molar-refractivity contribution in [2.75, 3.05) is 0 Å². The van der Waals surface area contributed by atoms with E-state index in [9.17, 15) is 15.3 Å². The van der Waals surface area contributed by atoms with Gasteiger partial charge in [-0.05, 0) is 45.2 Å². The van der Waals surface area contributed by atoms with Crippen molar-refractivity contribution >= 4 is 51.3 Å². The first-order chi connectivity index (χ1) is 6.00. The summed E-state index contributed by atoms with van der Waals surface area (Å²) in [5.74, 6) is -0.404. The smallest absolute Gasteiger partial charge is 0.149 e. The fraction of sp³-hybridized carbons (Fsp3) is 0. The van der Waals surface area contributed by atoms with E-state index in [1.165, 1.54) is 6.08 Å². The maximum absolute atomic E-state index is 9.48. The fourth-order valence-electron chi connectivity index (χ4n) is 0.863. The van der Waals surface area contributed by atoms with Crippen molar-refractivity contribution in [3.8, 4) is 17.2 Å². The zero-order valence-corrected chi connectivity index (χ0v) is 10.7. The Kier molecular flexibility index (Phi) is 3.28. The number of benzene rings is 1. The van der Waals surface area contributed by atoms with Gasteiger partial charge in [0.1, 0.15) is 17.2 Å². The van der Waals surface area contributed by atoms with Gasteiger partial charge in [-0.1, -0.05) is 12.7 Å². The van der Waals surface area contributed by atoms with Crippen molar-refractivity contribution in [1.29, 1.82) is 0 Å². The van der Waals surface area contributed by atoms with Gasteiger partial charge in [0.05, 0.1) is 12.7 Å². The summed E-state index contributed by atoms with van der Waals surface area (Å²) in [7, 11) is 0. The number of hydrogen-bond acceptors (Lipinski definition) is 3. The lowest BCUT2D eigenvalue weighted by Gasteiger charge is -2.09. The minimum atomic E-state index is -0.147. The van der Waals surface area contributed by atoms with Crippen LogP contribution in [0, 0.1) is 7.14 Å². The second-order valence-electron chi connectivity index (χ2n) is 2.29. The summed E-state index contributed by atoms with van der Waals surface area (Å²) < 4.78 is 0.629. The average Bonchev–Trinajstić information content (AvgIpc) is 2.13. The van der Waals surface area contributed by atoms with Crippen molar-refractivity contribution in [1.82, 2.24) is 0 Å². The van der Waals surface area contributed by atoms with Crippen molar-refractivity contribution < 1.29 is 15.3 Å². The van der Waals surface area contributed by atoms with Gasteiger partial charge in [0, 0.05) is 0 Å². The molecule has 5 heteroatoms. The highest BCUT2D eigenvalue weighted by Crippen LogP contribution is 2.43. The number of phenols is 3. The van der Waals surface area contributed by atoms with Crippen LogP contribution in [0.25, 0.3) is 6.08 Å². The molecule has 1 aromatic rings. The first kappa shape index (κ1) is 10.9. The fourth-order valence-corrected chi connectivity index (χ4v) is 2.50. The van der Waals surface area contributed by atoms with Gasteiger partial charge in [0.2, 0.25) is 0 Å². The van der Waals surface area contributed by atoms with Crippen LogP contribution in [0.2, 0.25) is 0 Å². The van der Waals surface area contributed by atoms with E-state index in [1.54, 1.807) is 45.2 Å². The largest absolute Gasteiger partial charge is 0.506 e. The zero-order valence-electron chi connectivity index (χ0n) is 6.38. The maximum Gasteiger partial charge on any atom is 0.149 e. The quantitative estimate of drug-likeness (QED) is 0.632. The number of phenolic OH excluding ortho intramolecular Hbond substituents is 3. The highest BCUT2D eigenvalue weighted by atomic mass is 127. The van der Waals surface area contributed by atoms with Gasteiger partial charge in [-0.3, -0.25) is 0 Å². The summed E-state index contributed by atoms with van der Waals surface area (Å²) in [5.41, 5.74) is 0.242. The first-order valence-electron chi connectivity index (χ1n) is 3.25. The number of hydrogen-bond donors (Lipinski definition) is 3. The van der Waals surface area contributed by atoms with E-state index < -0.39 is 0 Å². The van der Waals surface area contributed by atoms with Crippen LogP contribution < -0.4 is 0 Å². The molecule has 0 bridgehead atoms. The van der Waals surface area contributed by atoms with Crippen LogP contribution in [-0.2, 0) is 0 Å². The summed E-state index contributed by atoms with van der Waals surface area (Å²) in [6.45, 7) is 3.46. The molecule has 1 aromatic carbocycles. The van der Waals surface area contributed by atoms with Crippen LogP contribution in [0.4, 0.5) is 0 Å². The molecule has 13 heavy (non-hydrogen) atoms. The van der Waals surface area contributed by atoms with Gasteiger partial charge in [0.15, 0.2) is 0 Å². The maximum atomic E-state index is 9.48. The van der Waals surface area contributed by atoms with E-state index in [1.807, 2.05) is 0 Å². The summed E-state index contributed by atoms with van der Waals surface area (Å²) >= 11 is 3.59. The van der Waals surface area contributed by atoms with Gasteiger partial charge in [-0.2, -0.15) is 0 Å². The predicted molar refractivity (Wildman–Crippen MR) is 67.0 cm³/mol. The lowest BCUT2D eigenvalue weighted by molar-refractivity contribution is 0.416. The van der Waals surface area contributed by atoms with Crippen molar-refractivity contribution in [3.05, 3.63) is 19.3 Å². The van der Waals surface area contributed by atoms with Gasteiger partial charge in [-0.15, -0.1) is 0 Å². The molecule has 0 spiro atoms. The first-order valence-corrected chi connectivity index (χ1v) is 5.40. The Hall–Kier alpha value is -0.180.